The lowest BCUT2D eigenvalue weighted by molar-refractivity contribution is -0.385. The quantitative estimate of drug-likeness (QED) is 0.419. The summed E-state index contributed by atoms with van der Waals surface area (Å²) in [5.41, 5.74) is 4.90. The number of imidazole rings is 1. The fraction of sp³-hybridized carbons (Fsp3) is 0.222. The molecule has 3 aromatic rings. The van der Waals surface area contributed by atoms with Crippen molar-refractivity contribution in [2.45, 2.75) is 25.7 Å². The van der Waals surface area contributed by atoms with Crippen molar-refractivity contribution < 1.29 is 9.72 Å². The van der Waals surface area contributed by atoms with Crippen molar-refractivity contribution >= 4 is 17.6 Å². The monoisotopic (exact) mass is 321 g/mol. The van der Waals surface area contributed by atoms with Gasteiger partial charge in [-0.15, -0.1) is 0 Å². The SMILES string of the molecule is O=Cc1c(-c2ccc3c(c2)CCCC3)nc2ccc([N+](=O)[O-])cn12. The van der Waals surface area contributed by atoms with E-state index in [-0.39, 0.29) is 5.69 Å². The maximum atomic E-state index is 11.6. The highest BCUT2D eigenvalue weighted by Gasteiger charge is 2.18. The lowest BCUT2D eigenvalue weighted by atomic mass is 9.90. The molecular formula is C18H15N3O3. The topological polar surface area (TPSA) is 77.5 Å². The molecule has 0 N–H and O–H groups in total. The van der Waals surface area contributed by atoms with Crippen LogP contribution in [0.5, 0.6) is 0 Å². The number of rotatable bonds is 3. The molecule has 0 spiro atoms. The van der Waals surface area contributed by atoms with Crippen LogP contribution in [-0.2, 0) is 12.8 Å². The van der Waals surface area contributed by atoms with E-state index < -0.39 is 4.92 Å². The van der Waals surface area contributed by atoms with E-state index in [1.807, 2.05) is 6.07 Å². The zero-order valence-electron chi connectivity index (χ0n) is 12.9. The molecule has 6 nitrogen and oxygen atoms in total. The average Bonchev–Trinajstić information content (AvgIpc) is 2.98. The van der Waals surface area contributed by atoms with Gasteiger partial charge in [-0.25, -0.2) is 4.98 Å². The van der Waals surface area contributed by atoms with Crippen LogP contribution < -0.4 is 0 Å². The summed E-state index contributed by atoms with van der Waals surface area (Å²) in [6.45, 7) is 0. The van der Waals surface area contributed by atoms with Gasteiger partial charge in [0.25, 0.3) is 5.69 Å². The van der Waals surface area contributed by atoms with Crippen molar-refractivity contribution in [2.75, 3.05) is 0 Å². The number of aryl methyl sites for hydroxylation is 2. The van der Waals surface area contributed by atoms with Crippen LogP contribution in [0.25, 0.3) is 16.9 Å². The standard InChI is InChI=1S/C18H15N3O3/c22-11-16-18(14-6-5-12-3-1-2-4-13(12)9-14)19-17-8-7-15(21(23)24)10-20(16)17/h5-11H,1-4H2. The minimum absolute atomic E-state index is 0.0695. The molecule has 120 valence electrons. The second-order valence-corrected chi connectivity index (χ2v) is 6.03. The zero-order valence-corrected chi connectivity index (χ0v) is 12.9. The van der Waals surface area contributed by atoms with E-state index >= 15 is 0 Å². The highest BCUT2D eigenvalue weighted by molar-refractivity contribution is 5.86. The predicted molar refractivity (Wildman–Crippen MR) is 89.3 cm³/mol. The van der Waals surface area contributed by atoms with Crippen LogP contribution in [-0.4, -0.2) is 20.6 Å². The van der Waals surface area contributed by atoms with Crippen molar-refractivity contribution in [1.29, 1.82) is 0 Å². The van der Waals surface area contributed by atoms with Crippen LogP contribution in [0.3, 0.4) is 0 Å². The Labute approximate surface area is 137 Å². The third-order valence-electron chi connectivity index (χ3n) is 4.58. The van der Waals surface area contributed by atoms with Gasteiger partial charge >= 0.3 is 0 Å². The Bertz CT molecular complexity index is 975. The van der Waals surface area contributed by atoms with E-state index in [4.69, 9.17) is 0 Å². The van der Waals surface area contributed by atoms with Crippen LogP contribution in [0, 0.1) is 10.1 Å². The van der Waals surface area contributed by atoms with E-state index in [1.54, 1.807) is 6.07 Å². The molecule has 0 unspecified atom stereocenters. The first-order valence-corrected chi connectivity index (χ1v) is 7.91. The zero-order chi connectivity index (χ0) is 16.7. The summed E-state index contributed by atoms with van der Waals surface area (Å²) in [6, 6.07) is 9.14. The number of hydrogen-bond acceptors (Lipinski definition) is 4. The molecule has 1 aromatic carbocycles. The molecule has 24 heavy (non-hydrogen) atoms. The molecule has 2 aromatic heterocycles. The summed E-state index contributed by atoms with van der Waals surface area (Å²) in [7, 11) is 0. The van der Waals surface area contributed by atoms with E-state index in [9.17, 15) is 14.9 Å². The van der Waals surface area contributed by atoms with Crippen molar-refractivity contribution in [2.24, 2.45) is 0 Å². The van der Waals surface area contributed by atoms with Gasteiger partial charge < -0.3 is 0 Å². The summed E-state index contributed by atoms with van der Waals surface area (Å²) in [5, 5.41) is 11.0. The normalized spacial score (nSPS) is 13.7. The summed E-state index contributed by atoms with van der Waals surface area (Å²) >= 11 is 0. The molecule has 2 heterocycles. The number of nitrogens with zero attached hydrogens (tertiary/aromatic N) is 3. The molecule has 0 atom stereocenters. The second-order valence-electron chi connectivity index (χ2n) is 6.03. The number of pyridine rings is 1. The first-order chi connectivity index (χ1) is 11.7. The van der Waals surface area contributed by atoms with Crippen molar-refractivity contribution in [3.05, 3.63) is 63.5 Å². The Kier molecular flexibility index (Phi) is 3.37. The Morgan fingerprint density at radius 3 is 2.67 bits per heavy atom. The van der Waals surface area contributed by atoms with Gasteiger partial charge in [0, 0.05) is 11.6 Å². The van der Waals surface area contributed by atoms with Crippen molar-refractivity contribution in [3.63, 3.8) is 0 Å². The summed E-state index contributed by atoms with van der Waals surface area (Å²) < 4.78 is 1.49. The van der Waals surface area contributed by atoms with Crippen LogP contribution in [0.1, 0.15) is 34.5 Å². The lowest BCUT2D eigenvalue weighted by Gasteiger charge is -2.16. The number of carbonyl (C=O) groups excluding carboxylic acids is 1. The summed E-state index contributed by atoms with van der Waals surface area (Å²) in [5.74, 6) is 0. The third kappa shape index (κ3) is 2.27. The van der Waals surface area contributed by atoms with Gasteiger partial charge in [-0.05, 0) is 48.9 Å². The Morgan fingerprint density at radius 1 is 1.12 bits per heavy atom. The number of carbonyl (C=O) groups is 1. The van der Waals surface area contributed by atoms with E-state index in [0.29, 0.717) is 23.3 Å². The summed E-state index contributed by atoms with van der Waals surface area (Å²) in [4.78, 5) is 26.6. The minimum Gasteiger partial charge on any atom is -0.296 e. The summed E-state index contributed by atoms with van der Waals surface area (Å²) in [6.07, 6.45) is 6.57. The largest absolute Gasteiger partial charge is 0.296 e. The van der Waals surface area contributed by atoms with Crippen LogP contribution in [0.2, 0.25) is 0 Å². The van der Waals surface area contributed by atoms with Crippen LogP contribution >= 0.6 is 0 Å². The molecule has 0 saturated carbocycles. The smallest absolute Gasteiger partial charge is 0.286 e. The van der Waals surface area contributed by atoms with Crippen molar-refractivity contribution in [3.8, 4) is 11.3 Å². The van der Waals surface area contributed by atoms with Gasteiger partial charge in [0.15, 0.2) is 6.29 Å². The molecule has 0 amide bonds. The second kappa shape index (κ2) is 5.56. The lowest BCUT2D eigenvalue weighted by Crippen LogP contribution is -2.02. The first-order valence-electron chi connectivity index (χ1n) is 7.91. The van der Waals surface area contributed by atoms with E-state index in [1.165, 1.54) is 40.6 Å². The maximum Gasteiger partial charge on any atom is 0.286 e. The van der Waals surface area contributed by atoms with Gasteiger partial charge in [0.05, 0.1) is 11.1 Å². The molecule has 0 saturated heterocycles. The molecule has 0 radical (unpaired) electrons. The molecule has 1 aliphatic carbocycles. The molecule has 0 aliphatic heterocycles. The van der Waals surface area contributed by atoms with Gasteiger partial charge in [-0.3, -0.25) is 19.3 Å². The fourth-order valence-corrected chi connectivity index (χ4v) is 3.37. The predicted octanol–water partition coefficient (Wildman–Crippen LogP) is 3.60. The van der Waals surface area contributed by atoms with E-state index in [2.05, 4.69) is 17.1 Å². The molecule has 1 aliphatic rings. The number of aldehydes is 1. The molecule has 0 fully saturated rings. The van der Waals surface area contributed by atoms with Gasteiger partial charge in [-0.1, -0.05) is 12.1 Å². The fourth-order valence-electron chi connectivity index (χ4n) is 3.37. The molecule has 0 bridgehead atoms. The average molecular weight is 321 g/mol. The van der Waals surface area contributed by atoms with Gasteiger partial charge in [0.1, 0.15) is 17.0 Å². The molecular weight excluding hydrogens is 306 g/mol. The van der Waals surface area contributed by atoms with E-state index in [0.717, 1.165) is 18.4 Å². The number of nitro groups is 1. The number of aromatic nitrogens is 2. The highest BCUT2D eigenvalue weighted by Crippen LogP contribution is 2.29. The maximum absolute atomic E-state index is 11.6. The Balaban J connectivity index is 1.90. The van der Waals surface area contributed by atoms with Gasteiger partial charge in [0.2, 0.25) is 0 Å². The minimum atomic E-state index is -0.480. The first kappa shape index (κ1) is 14.6. The van der Waals surface area contributed by atoms with Crippen LogP contribution in [0.4, 0.5) is 5.69 Å². The number of fused-ring (bicyclic) bond motifs is 2. The van der Waals surface area contributed by atoms with Crippen LogP contribution in [0.15, 0.2) is 36.5 Å². The van der Waals surface area contributed by atoms with Gasteiger partial charge in [-0.2, -0.15) is 0 Å². The number of hydrogen-bond donors (Lipinski definition) is 0. The van der Waals surface area contributed by atoms with Crippen molar-refractivity contribution in [1.82, 2.24) is 9.38 Å². The third-order valence-corrected chi connectivity index (χ3v) is 4.58. The number of benzene rings is 1. The molecule has 6 heteroatoms. The Morgan fingerprint density at radius 2 is 1.92 bits per heavy atom. The Hall–Kier alpha value is -3.02. The molecule has 4 rings (SSSR count). The highest BCUT2D eigenvalue weighted by atomic mass is 16.6.